The molecular weight excluding hydrogens is 184 g/mol. The Morgan fingerprint density at radius 3 is 2.67 bits per heavy atom. The molecule has 0 radical (unpaired) electrons. The van der Waals surface area contributed by atoms with Gasteiger partial charge >= 0.3 is 0 Å². The molecule has 1 unspecified atom stereocenters. The minimum absolute atomic E-state index is 0.173. The summed E-state index contributed by atoms with van der Waals surface area (Å²) < 4.78 is 35.0. The van der Waals surface area contributed by atoms with Gasteiger partial charge < -0.3 is 14.4 Å². The molecule has 0 aliphatic rings. The van der Waals surface area contributed by atoms with Gasteiger partial charge in [-0.3, -0.25) is 0 Å². The van der Waals surface area contributed by atoms with Crippen LogP contribution in [-0.4, -0.2) is 43.1 Å². The van der Waals surface area contributed by atoms with Crippen LogP contribution in [-0.2, 0) is 14.9 Å². The molecule has 6 heteroatoms. The summed E-state index contributed by atoms with van der Waals surface area (Å²) in [5.41, 5.74) is 0. The van der Waals surface area contributed by atoms with Crippen LogP contribution in [0.4, 0.5) is 0 Å². The molecule has 72 valence electrons. The summed E-state index contributed by atoms with van der Waals surface area (Å²) >= 11 is 0. The molecule has 0 saturated heterocycles. The fourth-order valence-corrected chi connectivity index (χ4v) is 1.14. The highest BCUT2D eigenvalue weighted by Crippen LogP contribution is 1.91. The first-order valence-corrected chi connectivity index (χ1v) is 4.83. The number of aliphatic hydroxyl groups excluding tert-OH is 1. The molecule has 12 heavy (non-hydrogen) atoms. The zero-order valence-electron chi connectivity index (χ0n) is 6.47. The minimum Gasteiger partial charge on any atom is -0.748 e. The average Bonchev–Trinajstić information content (AvgIpc) is 1.84. The Bertz CT molecular complexity index is 220. The van der Waals surface area contributed by atoms with Crippen LogP contribution in [0.25, 0.3) is 0 Å². The molecule has 0 aromatic heterocycles. The van der Waals surface area contributed by atoms with Crippen LogP contribution in [0.3, 0.4) is 0 Å². The van der Waals surface area contributed by atoms with Crippen molar-refractivity contribution >= 4 is 10.1 Å². The van der Waals surface area contributed by atoms with Crippen LogP contribution in [0.1, 0.15) is 0 Å². The third-order valence-corrected chi connectivity index (χ3v) is 1.74. The molecule has 0 saturated carbocycles. The van der Waals surface area contributed by atoms with Crippen molar-refractivity contribution in [2.45, 2.75) is 6.10 Å². The fourth-order valence-electron chi connectivity index (χ4n) is 0.571. The lowest BCUT2D eigenvalue weighted by atomic mass is 10.4. The van der Waals surface area contributed by atoms with Gasteiger partial charge in [0.05, 0.1) is 35.2 Å². The van der Waals surface area contributed by atoms with Crippen LogP contribution in [0, 0.1) is 0 Å². The van der Waals surface area contributed by atoms with Crippen molar-refractivity contribution in [1.82, 2.24) is 0 Å². The highest BCUT2D eigenvalue weighted by molar-refractivity contribution is 7.85. The minimum atomic E-state index is -4.37. The van der Waals surface area contributed by atoms with Gasteiger partial charge in [-0.05, 0) is 0 Å². The van der Waals surface area contributed by atoms with Crippen molar-refractivity contribution in [1.29, 1.82) is 0 Å². The van der Waals surface area contributed by atoms with E-state index < -0.39 is 22.0 Å². The van der Waals surface area contributed by atoms with E-state index in [-0.39, 0.29) is 13.2 Å². The highest BCUT2D eigenvalue weighted by Gasteiger charge is 2.07. The van der Waals surface area contributed by atoms with Gasteiger partial charge in [0.2, 0.25) is 0 Å². The van der Waals surface area contributed by atoms with Gasteiger partial charge in [-0.2, -0.15) is 0 Å². The molecule has 0 amide bonds. The van der Waals surface area contributed by atoms with Crippen molar-refractivity contribution in [3.63, 3.8) is 0 Å². The SMILES string of the molecule is C=CCOCC(O)CS(=O)(=O)[O-]. The number of hydrogen-bond acceptors (Lipinski definition) is 5. The molecule has 0 fully saturated rings. The Morgan fingerprint density at radius 1 is 1.67 bits per heavy atom. The van der Waals surface area contributed by atoms with Crippen LogP contribution in [0.15, 0.2) is 12.7 Å². The molecule has 0 rings (SSSR count). The first-order chi connectivity index (χ1) is 5.45. The Kier molecular flexibility index (Phi) is 5.07. The maximum atomic E-state index is 10.1. The molecular formula is C6H11O5S-. The third kappa shape index (κ3) is 7.67. The normalized spacial score (nSPS) is 14.2. The second-order valence-corrected chi connectivity index (χ2v) is 3.65. The van der Waals surface area contributed by atoms with Crippen LogP contribution in [0.2, 0.25) is 0 Å². The van der Waals surface area contributed by atoms with E-state index in [0.29, 0.717) is 0 Å². The lowest BCUT2D eigenvalue weighted by Gasteiger charge is -2.12. The van der Waals surface area contributed by atoms with Crippen LogP contribution < -0.4 is 0 Å². The van der Waals surface area contributed by atoms with E-state index in [1.165, 1.54) is 6.08 Å². The first-order valence-electron chi connectivity index (χ1n) is 3.26. The van der Waals surface area contributed by atoms with E-state index in [1.807, 2.05) is 0 Å². The quantitative estimate of drug-likeness (QED) is 0.337. The summed E-state index contributed by atoms with van der Waals surface area (Å²) in [7, 11) is -4.37. The Morgan fingerprint density at radius 2 is 2.25 bits per heavy atom. The Balaban J connectivity index is 3.60. The van der Waals surface area contributed by atoms with Crippen molar-refractivity contribution in [2.75, 3.05) is 19.0 Å². The van der Waals surface area contributed by atoms with E-state index in [9.17, 15) is 13.0 Å². The standard InChI is InChI=1S/C6H12O5S/c1-2-3-11-4-6(7)5-12(8,9)10/h2,6-7H,1,3-5H2,(H,8,9,10)/p-1. The van der Waals surface area contributed by atoms with Crippen molar-refractivity contribution in [3.05, 3.63) is 12.7 Å². The van der Waals surface area contributed by atoms with E-state index in [0.717, 1.165) is 0 Å². The summed E-state index contributed by atoms with van der Waals surface area (Å²) in [5, 5.41) is 8.87. The molecule has 5 nitrogen and oxygen atoms in total. The van der Waals surface area contributed by atoms with Crippen molar-refractivity contribution in [2.24, 2.45) is 0 Å². The van der Waals surface area contributed by atoms with E-state index in [2.05, 4.69) is 6.58 Å². The van der Waals surface area contributed by atoms with Crippen molar-refractivity contribution in [3.8, 4) is 0 Å². The maximum absolute atomic E-state index is 10.1. The van der Waals surface area contributed by atoms with Gasteiger partial charge in [-0.25, -0.2) is 8.42 Å². The maximum Gasteiger partial charge on any atom is 0.0972 e. The first kappa shape index (κ1) is 11.6. The largest absolute Gasteiger partial charge is 0.748 e. The topological polar surface area (TPSA) is 86.7 Å². The second kappa shape index (κ2) is 5.26. The lowest BCUT2D eigenvalue weighted by molar-refractivity contribution is 0.0607. The van der Waals surface area contributed by atoms with E-state index >= 15 is 0 Å². The lowest BCUT2D eigenvalue weighted by Crippen LogP contribution is -2.25. The molecule has 0 spiro atoms. The number of ether oxygens (including phenoxy) is 1. The highest BCUT2D eigenvalue weighted by atomic mass is 32.2. The van der Waals surface area contributed by atoms with Crippen LogP contribution in [0.5, 0.6) is 0 Å². The second-order valence-electron chi connectivity index (χ2n) is 2.20. The molecule has 0 aromatic rings. The van der Waals surface area contributed by atoms with Gasteiger partial charge in [0.25, 0.3) is 0 Å². The molecule has 0 aliphatic carbocycles. The van der Waals surface area contributed by atoms with Gasteiger partial charge in [-0.15, -0.1) is 6.58 Å². The Labute approximate surface area is 71.4 Å². The van der Waals surface area contributed by atoms with E-state index in [4.69, 9.17) is 9.84 Å². The smallest absolute Gasteiger partial charge is 0.0972 e. The molecule has 0 aromatic carbocycles. The number of hydrogen-bond donors (Lipinski definition) is 1. The molecule has 1 atom stereocenters. The number of aliphatic hydroxyl groups is 1. The average molecular weight is 195 g/mol. The summed E-state index contributed by atoms with van der Waals surface area (Å²) in [6, 6.07) is 0. The summed E-state index contributed by atoms with van der Waals surface area (Å²) in [4.78, 5) is 0. The van der Waals surface area contributed by atoms with Gasteiger partial charge in [-0.1, -0.05) is 6.08 Å². The summed E-state index contributed by atoms with van der Waals surface area (Å²) in [5.74, 6) is -0.815. The van der Waals surface area contributed by atoms with Gasteiger partial charge in [0, 0.05) is 0 Å². The zero-order chi connectivity index (χ0) is 9.61. The van der Waals surface area contributed by atoms with Crippen molar-refractivity contribution < 1.29 is 22.8 Å². The third-order valence-electron chi connectivity index (χ3n) is 0.942. The van der Waals surface area contributed by atoms with Gasteiger partial charge in [0.1, 0.15) is 0 Å². The zero-order valence-corrected chi connectivity index (χ0v) is 7.29. The predicted octanol–water partition coefficient (Wildman–Crippen LogP) is -0.905. The van der Waals surface area contributed by atoms with Crippen LogP contribution >= 0.6 is 0 Å². The van der Waals surface area contributed by atoms with E-state index in [1.54, 1.807) is 0 Å². The Hall–Kier alpha value is -0.430. The molecule has 0 heterocycles. The monoisotopic (exact) mass is 195 g/mol. The summed E-state index contributed by atoms with van der Waals surface area (Å²) in [6.45, 7) is 3.39. The fraction of sp³-hybridized carbons (Fsp3) is 0.667. The molecule has 1 N–H and O–H groups in total. The predicted molar refractivity (Wildman–Crippen MR) is 41.6 cm³/mol. The molecule has 0 bridgehead atoms. The molecule has 0 aliphatic heterocycles. The summed E-state index contributed by atoms with van der Waals surface area (Å²) in [6.07, 6.45) is 0.200. The van der Waals surface area contributed by atoms with Gasteiger partial charge in [0.15, 0.2) is 0 Å². The number of rotatable bonds is 6.